The average molecular weight is 253 g/mol. The molecule has 0 bridgehead atoms. The summed E-state index contributed by atoms with van der Waals surface area (Å²) in [6, 6.07) is 9.54. The number of benzene rings is 1. The van der Waals surface area contributed by atoms with Gasteiger partial charge in [0.1, 0.15) is 0 Å². The molecule has 4 heteroatoms. The maximum Gasteiger partial charge on any atom is 0.216 e. The summed E-state index contributed by atoms with van der Waals surface area (Å²) in [7, 11) is -3.31. The standard InChI is InChI=1S/C13H19NO2S/c1-11(12-8-6-5-7-9-12)10-14-17(15,16)13(2,3)4/h5-9,14H,1,10H2,2-4H3. The van der Waals surface area contributed by atoms with Crippen LogP contribution in [-0.4, -0.2) is 19.7 Å². The van der Waals surface area contributed by atoms with Gasteiger partial charge >= 0.3 is 0 Å². The van der Waals surface area contributed by atoms with Gasteiger partial charge in [0.05, 0.1) is 4.75 Å². The quantitative estimate of drug-likeness (QED) is 0.895. The Morgan fingerprint density at radius 3 is 2.24 bits per heavy atom. The highest BCUT2D eigenvalue weighted by Crippen LogP contribution is 2.15. The van der Waals surface area contributed by atoms with Crippen LogP contribution in [-0.2, 0) is 10.0 Å². The summed E-state index contributed by atoms with van der Waals surface area (Å²) in [6.07, 6.45) is 0. The summed E-state index contributed by atoms with van der Waals surface area (Å²) >= 11 is 0. The monoisotopic (exact) mass is 253 g/mol. The third-order valence-corrected chi connectivity index (χ3v) is 4.60. The highest BCUT2D eigenvalue weighted by molar-refractivity contribution is 7.90. The van der Waals surface area contributed by atoms with E-state index < -0.39 is 14.8 Å². The third kappa shape index (κ3) is 3.68. The molecule has 0 amide bonds. The minimum absolute atomic E-state index is 0.240. The maximum absolute atomic E-state index is 11.8. The molecule has 0 atom stereocenters. The van der Waals surface area contributed by atoms with Crippen molar-refractivity contribution in [1.29, 1.82) is 0 Å². The lowest BCUT2D eigenvalue weighted by atomic mass is 10.1. The highest BCUT2D eigenvalue weighted by atomic mass is 32.2. The zero-order valence-electron chi connectivity index (χ0n) is 10.5. The molecule has 0 aliphatic rings. The van der Waals surface area contributed by atoms with Crippen LogP contribution in [0.3, 0.4) is 0 Å². The van der Waals surface area contributed by atoms with Gasteiger partial charge in [-0.15, -0.1) is 0 Å². The molecule has 0 fully saturated rings. The Bertz CT molecular complexity index is 484. The van der Waals surface area contributed by atoms with E-state index in [2.05, 4.69) is 11.3 Å². The normalized spacial score (nSPS) is 12.4. The molecular formula is C13H19NO2S. The predicted molar refractivity (Wildman–Crippen MR) is 72.2 cm³/mol. The lowest BCUT2D eigenvalue weighted by molar-refractivity contribution is 0.549. The first-order valence-corrected chi connectivity index (χ1v) is 6.95. The summed E-state index contributed by atoms with van der Waals surface area (Å²) in [5, 5.41) is 0. The van der Waals surface area contributed by atoms with Gasteiger partial charge in [0.25, 0.3) is 0 Å². The predicted octanol–water partition coefficient (Wildman–Crippen LogP) is 2.42. The van der Waals surface area contributed by atoms with Gasteiger partial charge in [-0.25, -0.2) is 13.1 Å². The van der Waals surface area contributed by atoms with Gasteiger partial charge in [0, 0.05) is 6.54 Å². The van der Waals surface area contributed by atoms with E-state index in [0.717, 1.165) is 11.1 Å². The minimum atomic E-state index is -3.31. The third-order valence-electron chi connectivity index (χ3n) is 2.46. The Kier molecular flexibility index (Phi) is 4.11. The lowest BCUT2D eigenvalue weighted by Crippen LogP contribution is -2.39. The van der Waals surface area contributed by atoms with Crippen LogP contribution in [0.15, 0.2) is 36.9 Å². The van der Waals surface area contributed by atoms with Crippen molar-refractivity contribution in [3.63, 3.8) is 0 Å². The van der Waals surface area contributed by atoms with Crippen LogP contribution in [0.5, 0.6) is 0 Å². The van der Waals surface area contributed by atoms with Crippen LogP contribution in [0.4, 0.5) is 0 Å². The molecule has 0 unspecified atom stereocenters. The van der Waals surface area contributed by atoms with E-state index in [4.69, 9.17) is 0 Å². The van der Waals surface area contributed by atoms with Crippen LogP contribution in [0, 0.1) is 0 Å². The number of hydrogen-bond acceptors (Lipinski definition) is 2. The summed E-state index contributed by atoms with van der Waals surface area (Å²) in [4.78, 5) is 0. The molecule has 1 N–H and O–H groups in total. The number of rotatable bonds is 4. The number of sulfonamides is 1. The van der Waals surface area contributed by atoms with Gasteiger partial charge in [-0.2, -0.15) is 0 Å². The van der Waals surface area contributed by atoms with Crippen LogP contribution in [0.25, 0.3) is 5.57 Å². The Balaban J connectivity index is 2.68. The lowest BCUT2D eigenvalue weighted by Gasteiger charge is -2.20. The van der Waals surface area contributed by atoms with E-state index >= 15 is 0 Å². The molecule has 0 aliphatic carbocycles. The fourth-order valence-corrected chi connectivity index (χ4v) is 1.97. The van der Waals surface area contributed by atoms with E-state index in [1.54, 1.807) is 20.8 Å². The summed E-state index contributed by atoms with van der Waals surface area (Å²) in [5.74, 6) is 0. The molecule has 17 heavy (non-hydrogen) atoms. The van der Waals surface area contributed by atoms with Crippen molar-refractivity contribution in [3.05, 3.63) is 42.5 Å². The smallest absolute Gasteiger partial charge is 0.212 e. The van der Waals surface area contributed by atoms with Gasteiger partial charge in [-0.1, -0.05) is 36.9 Å². The average Bonchev–Trinajstić information content (AvgIpc) is 2.25. The Labute approximate surface area is 104 Å². The molecule has 0 aromatic heterocycles. The highest BCUT2D eigenvalue weighted by Gasteiger charge is 2.28. The molecule has 3 nitrogen and oxygen atoms in total. The second-order valence-corrected chi connectivity index (χ2v) is 7.43. The van der Waals surface area contributed by atoms with Gasteiger partial charge in [-0.3, -0.25) is 0 Å². The molecule has 0 radical (unpaired) electrons. The number of hydrogen-bond donors (Lipinski definition) is 1. The van der Waals surface area contributed by atoms with Crippen LogP contribution < -0.4 is 4.72 Å². The van der Waals surface area contributed by atoms with Crippen molar-refractivity contribution in [2.45, 2.75) is 25.5 Å². The maximum atomic E-state index is 11.8. The summed E-state index contributed by atoms with van der Waals surface area (Å²) < 4.78 is 25.4. The molecule has 1 aromatic rings. The van der Waals surface area contributed by atoms with E-state index in [1.165, 1.54) is 0 Å². The zero-order chi connectivity index (χ0) is 13.1. The first-order chi connectivity index (χ1) is 7.74. The van der Waals surface area contributed by atoms with Gasteiger partial charge in [-0.05, 0) is 31.9 Å². The van der Waals surface area contributed by atoms with E-state index in [1.807, 2.05) is 30.3 Å². The van der Waals surface area contributed by atoms with Gasteiger partial charge in [0.2, 0.25) is 10.0 Å². The molecule has 94 valence electrons. The SMILES string of the molecule is C=C(CNS(=O)(=O)C(C)(C)C)c1ccccc1. The molecule has 0 spiro atoms. The van der Waals surface area contributed by atoms with Crippen molar-refractivity contribution < 1.29 is 8.42 Å². The Hall–Kier alpha value is -1.13. The van der Waals surface area contributed by atoms with E-state index in [0.29, 0.717) is 0 Å². The molecule has 0 aliphatic heterocycles. The summed E-state index contributed by atoms with van der Waals surface area (Å²) in [6.45, 7) is 9.12. The first-order valence-electron chi connectivity index (χ1n) is 5.46. The van der Waals surface area contributed by atoms with Gasteiger partial charge in [0.15, 0.2) is 0 Å². The fraction of sp³-hybridized carbons (Fsp3) is 0.385. The van der Waals surface area contributed by atoms with Crippen molar-refractivity contribution in [2.24, 2.45) is 0 Å². The Morgan fingerprint density at radius 1 is 1.24 bits per heavy atom. The molecule has 0 saturated heterocycles. The largest absolute Gasteiger partial charge is 0.216 e. The molecule has 0 saturated carbocycles. The van der Waals surface area contributed by atoms with Crippen molar-refractivity contribution in [2.75, 3.05) is 6.54 Å². The number of nitrogens with one attached hydrogen (secondary N) is 1. The molecular weight excluding hydrogens is 234 g/mol. The molecule has 1 rings (SSSR count). The molecule has 1 aromatic carbocycles. The van der Waals surface area contributed by atoms with Gasteiger partial charge < -0.3 is 0 Å². The van der Waals surface area contributed by atoms with Crippen LogP contribution in [0.1, 0.15) is 26.3 Å². The molecule has 0 heterocycles. The van der Waals surface area contributed by atoms with Crippen molar-refractivity contribution >= 4 is 15.6 Å². The topological polar surface area (TPSA) is 46.2 Å². The van der Waals surface area contributed by atoms with E-state index in [-0.39, 0.29) is 6.54 Å². The summed E-state index contributed by atoms with van der Waals surface area (Å²) in [5.41, 5.74) is 1.71. The van der Waals surface area contributed by atoms with Crippen molar-refractivity contribution in [3.8, 4) is 0 Å². The van der Waals surface area contributed by atoms with Crippen LogP contribution >= 0.6 is 0 Å². The fourth-order valence-electron chi connectivity index (χ4n) is 1.17. The first kappa shape index (κ1) is 13.9. The van der Waals surface area contributed by atoms with E-state index in [9.17, 15) is 8.42 Å². The minimum Gasteiger partial charge on any atom is -0.212 e. The Morgan fingerprint density at radius 2 is 1.76 bits per heavy atom. The van der Waals surface area contributed by atoms with Crippen LogP contribution in [0.2, 0.25) is 0 Å². The van der Waals surface area contributed by atoms with Crippen molar-refractivity contribution in [1.82, 2.24) is 4.72 Å². The second-order valence-electron chi connectivity index (χ2n) is 4.91. The zero-order valence-corrected chi connectivity index (χ0v) is 11.3. The second kappa shape index (κ2) is 5.02.